The van der Waals surface area contributed by atoms with E-state index in [9.17, 15) is 4.79 Å². The largest absolute Gasteiger partial charge is 0.497 e. The summed E-state index contributed by atoms with van der Waals surface area (Å²) < 4.78 is 7.15. The van der Waals surface area contributed by atoms with Gasteiger partial charge in [0.25, 0.3) is 0 Å². The Balaban J connectivity index is 2.13. The number of methoxy groups -OCH3 is 1. The van der Waals surface area contributed by atoms with Gasteiger partial charge in [-0.05, 0) is 23.8 Å². The fourth-order valence-electron chi connectivity index (χ4n) is 2.06. The van der Waals surface area contributed by atoms with Gasteiger partial charge in [0.2, 0.25) is 0 Å². The van der Waals surface area contributed by atoms with Gasteiger partial charge >= 0.3 is 0 Å². The van der Waals surface area contributed by atoms with E-state index in [0.717, 1.165) is 30.0 Å². The number of nitrogens with zero attached hydrogens (tertiary/aromatic N) is 2. The first-order valence-corrected chi connectivity index (χ1v) is 5.01. The molecule has 0 spiro atoms. The monoisotopic (exact) mass is 214 g/mol. The van der Waals surface area contributed by atoms with Gasteiger partial charge in [-0.15, -0.1) is 0 Å². The molecule has 0 aliphatic carbocycles. The summed E-state index contributed by atoms with van der Waals surface area (Å²) in [6.07, 6.45) is 2.54. The first-order valence-electron chi connectivity index (χ1n) is 5.01. The zero-order chi connectivity index (χ0) is 11.1. The predicted molar refractivity (Wildman–Crippen MR) is 58.7 cm³/mol. The van der Waals surface area contributed by atoms with E-state index in [0.29, 0.717) is 5.69 Å². The maximum absolute atomic E-state index is 10.6. The Morgan fingerprint density at radius 3 is 3.12 bits per heavy atom. The molecular weight excluding hydrogens is 204 g/mol. The van der Waals surface area contributed by atoms with E-state index in [-0.39, 0.29) is 0 Å². The molecule has 1 aliphatic heterocycles. The van der Waals surface area contributed by atoms with Crippen LogP contribution in [0.5, 0.6) is 5.75 Å². The molecule has 80 valence electrons. The lowest BCUT2D eigenvalue weighted by Gasteiger charge is -2.02. The number of aldehydes is 1. The van der Waals surface area contributed by atoms with Crippen LogP contribution in [0.15, 0.2) is 24.4 Å². The quantitative estimate of drug-likeness (QED) is 0.610. The van der Waals surface area contributed by atoms with Gasteiger partial charge in [0.15, 0.2) is 6.29 Å². The summed E-state index contributed by atoms with van der Waals surface area (Å²) in [7, 11) is 1.65. The number of hydrogen-bond donors (Lipinski definition) is 0. The van der Waals surface area contributed by atoms with Gasteiger partial charge in [0, 0.05) is 18.3 Å². The van der Waals surface area contributed by atoms with E-state index in [1.807, 2.05) is 22.8 Å². The number of fused-ring (bicyclic) bond motifs is 3. The molecule has 4 heteroatoms. The summed E-state index contributed by atoms with van der Waals surface area (Å²) in [5.41, 5.74) is 2.74. The third-order valence-corrected chi connectivity index (χ3v) is 2.81. The Hall–Kier alpha value is -2.10. The van der Waals surface area contributed by atoms with Crippen LogP contribution in [0.2, 0.25) is 0 Å². The first-order chi connectivity index (χ1) is 7.81. The van der Waals surface area contributed by atoms with E-state index in [1.165, 1.54) is 5.56 Å². The van der Waals surface area contributed by atoms with E-state index in [1.54, 1.807) is 13.3 Å². The Morgan fingerprint density at radius 2 is 2.38 bits per heavy atom. The second-order valence-corrected chi connectivity index (χ2v) is 3.76. The van der Waals surface area contributed by atoms with Crippen molar-refractivity contribution in [3.63, 3.8) is 0 Å². The minimum atomic E-state index is 0.483. The molecule has 1 aliphatic rings. The molecule has 4 nitrogen and oxygen atoms in total. The number of ether oxygens (including phenoxy) is 1. The predicted octanol–water partition coefficient (Wildman–Crippen LogP) is 1.73. The van der Waals surface area contributed by atoms with Crippen molar-refractivity contribution in [2.24, 2.45) is 0 Å². The zero-order valence-corrected chi connectivity index (χ0v) is 8.80. The van der Waals surface area contributed by atoms with E-state index < -0.39 is 0 Å². The van der Waals surface area contributed by atoms with Crippen molar-refractivity contribution < 1.29 is 9.53 Å². The molecule has 0 unspecified atom stereocenters. The number of imidazole rings is 1. The maximum Gasteiger partial charge on any atom is 0.170 e. The van der Waals surface area contributed by atoms with Gasteiger partial charge in [-0.2, -0.15) is 0 Å². The summed E-state index contributed by atoms with van der Waals surface area (Å²) in [5, 5.41) is 0. The fraction of sp³-hybridized carbons (Fsp3) is 0.167. The minimum absolute atomic E-state index is 0.483. The highest BCUT2D eigenvalue weighted by Gasteiger charge is 2.21. The Kier molecular flexibility index (Phi) is 1.83. The number of rotatable bonds is 2. The van der Waals surface area contributed by atoms with Crippen LogP contribution in [0.3, 0.4) is 0 Å². The SMILES string of the molecule is COc1ccc2c(c1)Cn1cc(C=O)nc1-2. The van der Waals surface area contributed by atoms with Crippen LogP contribution in [0.1, 0.15) is 16.1 Å². The van der Waals surface area contributed by atoms with Crippen LogP contribution in [0, 0.1) is 0 Å². The van der Waals surface area contributed by atoms with Crippen LogP contribution in [-0.2, 0) is 6.54 Å². The van der Waals surface area contributed by atoms with Crippen LogP contribution in [-0.4, -0.2) is 22.9 Å². The van der Waals surface area contributed by atoms with Gasteiger partial charge in [0.1, 0.15) is 17.3 Å². The third kappa shape index (κ3) is 1.16. The molecule has 0 atom stereocenters. The summed E-state index contributed by atoms with van der Waals surface area (Å²) >= 11 is 0. The molecule has 0 saturated heterocycles. The van der Waals surface area contributed by atoms with Gasteiger partial charge in [-0.3, -0.25) is 4.79 Å². The Labute approximate surface area is 92.5 Å². The molecule has 1 aromatic heterocycles. The molecule has 0 amide bonds. The minimum Gasteiger partial charge on any atom is -0.497 e. The topological polar surface area (TPSA) is 44.1 Å². The molecule has 2 heterocycles. The molecule has 0 radical (unpaired) electrons. The fourth-order valence-corrected chi connectivity index (χ4v) is 2.06. The second-order valence-electron chi connectivity index (χ2n) is 3.76. The first kappa shape index (κ1) is 9.15. The molecule has 3 rings (SSSR count). The average molecular weight is 214 g/mol. The van der Waals surface area contributed by atoms with Crippen molar-refractivity contribution in [2.75, 3.05) is 7.11 Å². The average Bonchev–Trinajstić information content (AvgIpc) is 2.84. The maximum atomic E-state index is 10.6. The summed E-state index contributed by atoms with van der Waals surface area (Å²) in [4.78, 5) is 14.9. The van der Waals surface area contributed by atoms with Crippen molar-refractivity contribution in [3.05, 3.63) is 35.7 Å². The van der Waals surface area contributed by atoms with Crippen molar-refractivity contribution in [1.82, 2.24) is 9.55 Å². The third-order valence-electron chi connectivity index (χ3n) is 2.81. The zero-order valence-electron chi connectivity index (χ0n) is 8.80. The van der Waals surface area contributed by atoms with Gasteiger partial charge < -0.3 is 9.30 Å². The van der Waals surface area contributed by atoms with Gasteiger partial charge in [-0.25, -0.2) is 4.98 Å². The second kappa shape index (κ2) is 3.20. The van der Waals surface area contributed by atoms with E-state index >= 15 is 0 Å². The number of hydrogen-bond acceptors (Lipinski definition) is 3. The summed E-state index contributed by atoms with van der Waals surface area (Å²) in [5.74, 6) is 1.71. The number of benzene rings is 1. The van der Waals surface area contributed by atoms with Crippen LogP contribution >= 0.6 is 0 Å². The molecular formula is C12H10N2O2. The lowest BCUT2D eigenvalue weighted by atomic mass is 10.1. The molecule has 0 bridgehead atoms. The molecule has 0 N–H and O–H groups in total. The Morgan fingerprint density at radius 1 is 1.50 bits per heavy atom. The van der Waals surface area contributed by atoms with Crippen LogP contribution in [0.25, 0.3) is 11.4 Å². The Bertz CT molecular complexity index is 572. The number of aromatic nitrogens is 2. The van der Waals surface area contributed by atoms with Crippen LogP contribution in [0.4, 0.5) is 0 Å². The highest BCUT2D eigenvalue weighted by molar-refractivity contribution is 5.75. The van der Waals surface area contributed by atoms with Crippen molar-refractivity contribution in [3.8, 4) is 17.1 Å². The lowest BCUT2D eigenvalue weighted by Crippen LogP contribution is -1.91. The number of carbonyl (C=O) groups is 1. The normalized spacial score (nSPS) is 12.1. The van der Waals surface area contributed by atoms with Crippen molar-refractivity contribution in [2.45, 2.75) is 6.54 Å². The number of carbonyl (C=O) groups excluding carboxylic acids is 1. The molecule has 2 aromatic rings. The summed E-state index contributed by atoms with van der Waals surface area (Å²) in [6.45, 7) is 0.753. The molecule has 0 fully saturated rings. The summed E-state index contributed by atoms with van der Waals surface area (Å²) in [6, 6.07) is 5.89. The standard InChI is InChI=1S/C12H10N2O2/c1-16-10-2-3-11-8(4-10)5-14-6-9(7-15)13-12(11)14/h2-4,6-7H,5H2,1H3. The van der Waals surface area contributed by atoms with Crippen molar-refractivity contribution in [1.29, 1.82) is 0 Å². The van der Waals surface area contributed by atoms with Crippen LogP contribution < -0.4 is 4.74 Å². The highest BCUT2D eigenvalue weighted by atomic mass is 16.5. The van der Waals surface area contributed by atoms with Gasteiger partial charge in [-0.1, -0.05) is 0 Å². The smallest absolute Gasteiger partial charge is 0.170 e. The van der Waals surface area contributed by atoms with E-state index in [2.05, 4.69) is 4.98 Å². The lowest BCUT2D eigenvalue weighted by molar-refractivity contribution is 0.111. The van der Waals surface area contributed by atoms with E-state index in [4.69, 9.17) is 4.74 Å². The highest BCUT2D eigenvalue weighted by Crippen LogP contribution is 2.33. The van der Waals surface area contributed by atoms with Crippen molar-refractivity contribution >= 4 is 6.29 Å². The molecule has 1 aromatic carbocycles. The van der Waals surface area contributed by atoms with Gasteiger partial charge in [0.05, 0.1) is 7.11 Å². The molecule has 16 heavy (non-hydrogen) atoms. The molecule has 0 saturated carbocycles.